The standard InChI is InChI=1S/C20H15F3N2O3/c21-20(22,23)12-6-8-13(9-7-12)24-18(28)19(10-3-11-19)25-16(26)14-4-1-2-5-15(14)17(25)27/h1-2,4-9H,3,10-11H2,(H,24,28). The van der Waals surface area contributed by atoms with Crippen LogP contribution in [0.25, 0.3) is 0 Å². The Balaban J connectivity index is 1.60. The van der Waals surface area contributed by atoms with Crippen LogP contribution >= 0.6 is 0 Å². The molecule has 0 saturated heterocycles. The Morgan fingerprint density at radius 2 is 1.46 bits per heavy atom. The first-order valence-electron chi connectivity index (χ1n) is 8.71. The summed E-state index contributed by atoms with van der Waals surface area (Å²) in [5.41, 5.74) is -1.48. The number of amides is 3. The lowest BCUT2D eigenvalue weighted by Gasteiger charge is -2.45. The fourth-order valence-corrected chi connectivity index (χ4v) is 3.63. The van der Waals surface area contributed by atoms with Gasteiger partial charge in [-0.1, -0.05) is 12.1 Å². The van der Waals surface area contributed by atoms with Crippen LogP contribution in [0.5, 0.6) is 0 Å². The molecule has 1 fully saturated rings. The average molecular weight is 388 g/mol. The fourth-order valence-electron chi connectivity index (χ4n) is 3.63. The van der Waals surface area contributed by atoms with Gasteiger partial charge in [-0.15, -0.1) is 0 Å². The number of hydrogen-bond donors (Lipinski definition) is 1. The van der Waals surface area contributed by atoms with E-state index in [1.54, 1.807) is 12.1 Å². The van der Waals surface area contributed by atoms with Crippen molar-refractivity contribution in [2.75, 3.05) is 5.32 Å². The molecule has 0 aromatic heterocycles. The molecular formula is C20H15F3N2O3. The van der Waals surface area contributed by atoms with Crippen LogP contribution in [-0.2, 0) is 11.0 Å². The maximum absolute atomic E-state index is 12.9. The van der Waals surface area contributed by atoms with Gasteiger partial charge >= 0.3 is 6.18 Å². The van der Waals surface area contributed by atoms with Gasteiger partial charge in [0.1, 0.15) is 5.54 Å². The van der Waals surface area contributed by atoms with Crippen molar-refractivity contribution in [1.82, 2.24) is 4.90 Å². The number of benzene rings is 2. The summed E-state index contributed by atoms with van der Waals surface area (Å²) in [5, 5.41) is 2.56. The average Bonchev–Trinajstić information content (AvgIpc) is 2.87. The van der Waals surface area contributed by atoms with Crippen molar-refractivity contribution in [2.24, 2.45) is 0 Å². The minimum Gasteiger partial charge on any atom is -0.324 e. The number of nitrogens with zero attached hydrogens (tertiary/aromatic N) is 1. The van der Waals surface area contributed by atoms with Crippen molar-refractivity contribution < 1.29 is 27.6 Å². The van der Waals surface area contributed by atoms with Gasteiger partial charge in [-0.25, -0.2) is 0 Å². The van der Waals surface area contributed by atoms with E-state index in [9.17, 15) is 27.6 Å². The molecule has 1 heterocycles. The van der Waals surface area contributed by atoms with Gasteiger partial charge in [0.25, 0.3) is 17.7 Å². The summed E-state index contributed by atoms with van der Waals surface area (Å²) < 4.78 is 38.1. The van der Waals surface area contributed by atoms with Crippen LogP contribution in [0.2, 0.25) is 0 Å². The predicted octanol–water partition coefficient (Wildman–Crippen LogP) is 3.86. The zero-order valence-electron chi connectivity index (χ0n) is 14.5. The van der Waals surface area contributed by atoms with Gasteiger partial charge < -0.3 is 5.32 Å². The van der Waals surface area contributed by atoms with E-state index in [2.05, 4.69) is 5.32 Å². The first kappa shape index (κ1) is 18.2. The Hall–Kier alpha value is -3.16. The quantitative estimate of drug-likeness (QED) is 0.812. The Morgan fingerprint density at radius 3 is 1.89 bits per heavy atom. The van der Waals surface area contributed by atoms with Gasteiger partial charge in [-0.05, 0) is 55.7 Å². The molecule has 0 unspecified atom stereocenters. The number of nitrogens with one attached hydrogen (secondary N) is 1. The topological polar surface area (TPSA) is 66.5 Å². The van der Waals surface area contributed by atoms with Crippen LogP contribution in [0.4, 0.5) is 18.9 Å². The largest absolute Gasteiger partial charge is 0.416 e. The molecular weight excluding hydrogens is 373 g/mol. The van der Waals surface area contributed by atoms with Crippen molar-refractivity contribution in [1.29, 1.82) is 0 Å². The molecule has 1 aliphatic heterocycles. The molecule has 0 radical (unpaired) electrons. The second kappa shape index (κ2) is 6.19. The Kier molecular flexibility index (Phi) is 4.02. The zero-order valence-corrected chi connectivity index (χ0v) is 14.5. The summed E-state index contributed by atoms with van der Waals surface area (Å²) in [5.74, 6) is -1.63. The van der Waals surface area contributed by atoms with Gasteiger partial charge in [0.2, 0.25) is 0 Å². The molecule has 5 nitrogen and oxygen atoms in total. The van der Waals surface area contributed by atoms with Crippen LogP contribution in [-0.4, -0.2) is 28.2 Å². The summed E-state index contributed by atoms with van der Waals surface area (Å²) in [6, 6.07) is 10.4. The van der Waals surface area contributed by atoms with Crippen molar-refractivity contribution in [3.8, 4) is 0 Å². The predicted molar refractivity (Wildman–Crippen MR) is 93.6 cm³/mol. The Morgan fingerprint density at radius 1 is 0.929 bits per heavy atom. The third kappa shape index (κ3) is 2.67. The first-order chi connectivity index (χ1) is 13.2. The van der Waals surface area contributed by atoms with E-state index in [1.165, 1.54) is 12.1 Å². The Labute approximate surface area is 158 Å². The molecule has 1 saturated carbocycles. The normalized spacial score (nSPS) is 17.9. The second-order valence-electron chi connectivity index (χ2n) is 6.91. The van der Waals surface area contributed by atoms with E-state index in [-0.39, 0.29) is 16.8 Å². The Bertz CT molecular complexity index is 944. The van der Waals surface area contributed by atoms with Crippen LogP contribution in [0.3, 0.4) is 0 Å². The first-order valence-corrected chi connectivity index (χ1v) is 8.71. The molecule has 0 bridgehead atoms. The molecule has 8 heteroatoms. The SMILES string of the molecule is O=C1c2ccccc2C(=O)N1C1(C(=O)Nc2ccc(C(F)(F)F)cc2)CCC1. The summed E-state index contributed by atoms with van der Waals surface area (Å²) >= 11 is 0. The van der Waals surface area contributed by atoms with Crippen LogP contribution in [0.15, 0.2) is 48.5 Å². The van der Waals surface area contributed by atoms with Crippen molar-refractivity contribution >= 4 is 23.4 Å². The summed E-state index contributed by atoms with van der Waals surface area (Å²) in [6.07, 6.45) is -3.19. The molecule has 2 aromatic carbocycles. The number of rotatable bonds is 3. The molecule has 3 amide bonds. The molecule has 28 heavy (non-hydrogen) atoms. The number of imide groups is 1. The van der Waals surface area contributed by atoms with E-state index in [1.807, 2.05) is 0 Å². The van der Waals surface area contributed by atoms with Gasteiger partial charge in [-0.2, -0.15) is 13.2 Å². The van der Waals surface area contributed by atoms with Gasteiger partial charge in [0, 0.05) is 5.69 Å². The molecule has 1 aliphatic carbocycles. The highest BCUT2D eigenvalue weighted by atomic mass is 19.4. The minimum atomic E-state index is -4.47. The highest BCUT2D eigenvalue weighted by Crippen LogP contribution is 2.43. The number of carbonyl (C=O) groups is 3. The third-order valence-corrected chi connectivity index (χ3v) is 5.30. The monoisotopic (exact) mass is 388 g/mol. The van der Waals surface area contributed by atoms with Crippen LogP contribution < -0.4 is 5.32 Å². The second-order valence-corrected chi connectivity index (χ2v) is 6.91. The summed E-state index contributed by atoms with van der Waals surface area (Å²) in [6.45, 7) is 0. The van der Waals surface area contributed by atoms with Crippen LogP contribution in [0, 0.1) is 0 Å². The smallest absolute Gasteiger partial charge is 0.324 e. The number of carbonyl (C=O) groups excluding carboxylic acids is 3. The maximum atomic E-state index is 12.9. The highest BCUT2D eigenvalue weighted by molar-refractivity contribution is 6.24. The number of anilines is 1. The van der Waals surface area contributed by atoms with E-state index >= 15 is 0 Å². The molecule has 1 N–H and O–H groups in total. The number of halogens is 3. The van der Waals surface area contributed by atoms with Gasteiger partial charge in [-0.3, -0.25) is 19.3 Å². The van der Waals surface area contributed by atoms with Gasteiger partial charge in [0.15, 0.2) is 0 Å². The number of hydrogen-bond acceptors (Lipinski definition) is 3. The zero-order chi connectivity index (χ0) is 20.1. The highest BCUT2D eigenvalue weighted by Gasteiger charge is 2.56. The summed E-state index contributed by atoms with van der Waals surface area (Å²) in [7, 11) is 0. The molecule has 144 valence electrons. The van der Waals surface area contributed by atoms with E-state index < -0.39 is 35.0 Å². The number of alkyl halides is 3. The summed E-state index contributed by atoms with van der Waals surface area (Å²) in [4.78, 5) is 39.5. The lowest BCUT2D eigenvalue weighted by atomic mass is 9.74. The van der Waals surface area contributed by atoms with Crippen molar-refractivity contribution in [2.45, 2.75) is 31.0 Å². The third-order valence-electron chi connectivity index (χ3n) is 5.30. The van der Waals surface area contributed by atoms with Crippen molar-refractivity contribution in [3.63, 3.8) is 0 Å². The van der Waals surface area contributed by atoms with E-state index in [0.29, 0.717) is 19.3 Å². The molecule has 4 rings (SSSR count). The molecule has 0 spiro atoms. The molecule has 0 atom stereocenters. The van der Waals surface area contributed by atoms with Gasteiger partial charge in [0.05, 0.1) is 16.7 Å². The fraction of sp³-hybridized carbons (Fsp3) is 0.250. The molecule has 2 aromatic rings. The van der Waals surface area contributed by atoms with Crippen LogP contribution in [0.1, 0.15) is 45.5 Å². The van der Waals surface area contributed by atoms with E-state index in [0.717, 1.165) is 29.2 Å². The lowest BCUT2D eigenvalue weighted by molar-refractivity contribution is -0.137. The van der Waals surface area contributed by atoms with E-state index in [4.69, 9.17) is 0 Å². The maximum Gasteiger partial charge on any atom is 0.416 e. The minimum absolute atomic E-state index is 0.167. The van der Waals surface area contributed by atoms with Crippen molar-refractivity contribution in [3.05, 3.63) is 65.2 Å². The molecule has 2 aliphatic rings. The number of fused-ring (bicyclic) bond motifs is 1. The lowest BCUT2D eigenvalue weighted by Crippen LogP contribution is -2.63.